The molecule has 0 bridgehead atoms. The zero-order valence-electron chi connectivity index (χ0n) is 10.7. The van der Waals surface area contributed by atoms with Gasteiger partial charge in [-0.2, -0.15) is 0 Å². The third-order valence-electron chi connectivity index (χ3n) is 3.91. The molecule has 0 heterocycles. The Balaban J connectivity index is 2.05. The molecule has 0 fully saturated rings. The van der Waals surface area contributed by atoms with E-state index < -0.39 is 0 Å². The first-order valence-corrected chi connectivity index (χ1v) is 7.17. The van der Waals surface area contributed by atoms with Crippen LogP contribution in [-0.2, 0) is 0 Å². The standard InChI is InChI=1S/C16H15Cl2N/c1-19-16-9-13(11-4-2-3-5-12(11)16)10-6-7-14(17)15(18)8-10/h2-8,13,16,19H,9H2,1H3/t13-,16+/m1/s1. The molecule has 0 spiro atoms. The van der Waals surface area contributed by atoms with Crippen LogP contribution in [0.15, 0.2) is 42.5 Å². The second-order valence-electron chi connectivity index (χ2n) is 4.93. The summed E-state index contributed by atoms with van der Waals surface area (Å²) in [7, 11) is 2.01. The topological polar surface area (TPSA) is 12.0 Å². The lowest BCUT2D eigenvalue weighted by Crippen LogP contribution is -2.13. The average molecular weight is 292 g/mol. The van der Waals surface area contributed by atoms with Crippen LogP contribution in [0.1, 0.15) is 35.1 Å². The molecule has 1 aliphatic rings. The molecule has 2 atom stereocenters. The molecule has 0 amide bonds. The van der Waals surface area contributed by atoms with Gasteiger partial charge < -0.3 is 5.32 Å². The first-order valence-electron chi connectivity index (χ1n) is 6.41. The van der Waals surface area contributed by atoms with Gasteiger partial charge >= 0.3 is 0 Å². The molecule has 0 aliphatic heterocycles. The Labute approximate surface area is 123 Å². The van der Waals surface area contributed by atoms with E-state index in [2.05, 4.69) is 35.6 Å². The number of hydrogen-bond acceptors (Lipinski definition) is 1. The molecule has 0 saturated carbocycles. The van der Waals surface area contributed by atoms with E-state index >= 15 is 0 Å². The van der Waals surface area contributed by atoms with Crippen LogP contribution in [0, 0.1) is 0 Å². The van der Waals surface area contributed by atoms with Crippen LogP contribution >= 0.6 is 23.2 Å². The van der Waals surface area contributed by atoms with E-state index in [0.717, 1.165) is 6.42 Å². The molecule has 0 unspecified atom stereocenters. The Morgan fingerprint density at radius 1 is 1.00 bits per heavy atom. The summed E-state index contributed by atoms with van der Waals surface area (Å²) < 4.78 is 0. The molecular weight excluding hydrogens is 277 g/mol. The van der Waals surface area contributed by atoms with Crippen LogP contribution in [0.2, 0.25) is 10.0 Å². The van der Waals surface area contributed by atoms with Gasteiger partial charge in [-0.05, 0) is 42.3 Å². The van der Waals surface area contributed by atoms with Crippen molar-refractivity contribution in [3.8, 4) is 0 Å². The van der Waals surface area contributed by atoms with E-state index in [1.165, 1.54) is 16.7 Å². The van der Waals surface area contributed by atoms with Crippen molar-refractivity contribution in [2.24, 2.45) is 0 Å². The summed E-state index contributed by atoms with van der Waals surface area (Å²) in [4.78, 5) is 0. The molecule has 0 radical (unpaired) electrons. The smallest absolute Gasteiger partial charge is 0.0595 e. The first kappa shape index (κ1) is 13.0. The zero-order valence-corrected chi connectivity index (χ0v) is 12.2. The van der Waals surface area contributed by atoms with Gasteiger partial charge in [-0.25, -0.2) is 0 Å². The Kier molecular flexibility index (Phi) is 3.53. The van der Waals surface area contributed by atoms with E-state index in [4.69, 9.17) is 23.2 Å². The molecule has 2 aromatic rings. The minimum Gasteiger partial charge on any atom is -0.313 e. The van der Waals surface area contributed by atoms with Crippen molar-refractivity contribution in [2.45, 2.75) is 18.4 Å². The fourth-order valence-corrected chi connectivity index (χ4v) is 3.26. The third-order valence-corrected chi connectivity index (χ3v) is 4.65. The second kappa shape index (κ2) is 5.16. The van der Waals surface area contributed by atoms with E-state index in [1.54, 1.807) is 0 Å². The predicted octanol–water partition coefficient (Wildman–Crippen LogP) is 4.79. The van der Waals surface area contributed by atoms with Gasteiger partial charge in [-0.1, -0.05) is 53.5 Å². The number of benzene rings is 2. The summed E-state index contributed by atoms with van der Waals surface area (Å²) in [6.07, 6.45) is 1.06. The summed E-state index contributed by atoms with van der Waals surface area (Å²) in [5.41, 5.74) is 4.01. The van der Waals surface area contributed by atoms with Gasteiger partial charge in [-0.15, -0.1) is 0 Å². The van der Waals surface area contributed by atoms with Crippen molar-refractivity contribution in [3.63, 3.8) is 0 Å². The number of nitrogens with one attached hydrogen (secondary N) is 1. The molecule has 0 aromatic heterocycles. The molecule has 3 rings (SSSR count). The summed E-state index contributed by atoms with van der Waals surface area (Å²) in [5.74, 6) is 0.392. The van der Waals surface area contributed by atoms with Crippen LogP contribution in [0.5, 0.6) is 0 Å². The van der Waals surface area contributed by atoms with Crippen molar-refractivity contribution >= 4 is 23.2 Å². The molecule has 0 saturated heterocycles. The fraction of sp³-hybridized carbons (Fsp3) is 0.250. The maximum atomic E-state index is 6.14. The Morgan fingerprint density at radius 2 is 1.74 bits per heavy atom. The highest BCUT2D eigenvalue weighted by molar-refractivity contribution is 6.42. The highest BCUT2D eigenvalue weighted by Gasteiger charge is 2.30. The minimum atomic E-state index is 0.392. The van der Waals surface area contributed by atoms with Crippen molar-refractivity contribution in [2.75, 3.05) is 7.05 Å². The van der Waals surface area contributed by atoms with Crippen LogP contribution < -0.4 is 5.32 Å². The summed E-state index contributed by atoms with van der Waals surface area (Å²) in [6.45, 7) is 0. The molecule has 98 valence electrons. The summed E-state index contributed by atoms with van der Waals surface area (Å²) in [6, 6.07) is 15.0. The average Bonchev–Trinajstić information content (AvgIpc) is 2.81. The van der Waals surface area contributed by atoms with Gasteiger partial charge in [0.1, 0.15) is 0 Å². The zero-order chi connectivity index (χ0) is 13.4. The van der Waals surface area contributed by atoms with Crippen molar-refractivity contribution in [3.05, 3.63) is 69.2 Å². The Hall–Kier alpha value is -1.02. The molecule has 1 N–H and O–H groups in total. The quantitative estimate of drug-likeness (QED) is 0.839. The van der Waals surface area contributed by atoms with Crippen LogP contribution in [0.25, 0.3) is 0 Å². The maximum absolute atomic E-state index is 6.14. The van der Waals surface area contributed by atoms with Gasteiger partial charge in [0.05, 0.1) is 10.0 Å². The Morgan fingerprint density at radius 3 is 2.42 bits per heavy atom. The molecule has 3 heteroatoms. The largest absolute Gasteiger partial charge is 0.313 e. The highest BCUT2D eigenvalue weighted by Crippen LogP contribution is 2.44. The fourth-order valence-electron chi connectivity index (χ4n) is 2.95. The maximum Gasteiger partial charge on any atom is 0.0595 e. The lowest BCUT2D eigenvalue weighted by molar-refractivity contribution is 0.564. The number of fused-ring (bicyclic) bond motifs is 1. The van der Waals surface area contributed by atoms with Gasteiger partial charge in [0.15, 0.2) is 0 Å². The van der Waals surface area contributed by atoms with Crippen molar-refractivity contribution in [1.82, 2.24) is 5.32 Å². The molecule has 1 aliphatic carbocycles. The lowest BCUT2D eigenvalue weighted by Gasteiger charge is -2.13. The van der Waals surface area contributed by atoms with E-state index in [-0.39, 0.29) is 0 Å². The van der Waals surface area contributed by atoms with E-state index in [0.29, 0.717) is 22.0 Å². The second-order valence-corrected chi connectivity index (χ2v) is 5.75. The molecule has 1 nitrogen and oxygen atoms in total. The lowest BCUT2D eigenvalue weighted by atomic mass is 9.93. The summed E-state index contributed by atoms with van der Waals surface area (Å²) >= 11 is 12.1. The number of rotatable bonds is 2. The Bertz CT molecular complexity index is 609. The normalized spacial score (nSPS) is 21.4. The monoisotopic (exact) mass is 291 g/mol. The van der Waals surface area contributed by atoms with E-state index in [1.807, 2.05) is 19.2 Å². The first-order chi connectivity index (χ1) is 9.20. The summed E-state index contributed by atoms with van der Waals surface area (Å²) in [5, 5.41) is 4.63. The van der Waals surface area contributed by atoms with Crippen molar-refractivity contribution in [1.29, 1.82) is 0 Å². The predicted molar refractivity (Wildman–Crippen MR) is 81.2 cm³/mol. The van der Waals surface area contributed by atoms with Gasteiger partial charge in [-0.3, -0.25) is 0 Å². The highest BCUT2D eigenvalue weighted by atomic mass is 35.5. The van der Waals surface area contributed by atoms with Gasteiger partial charge in [0.2, 0.25) is 0 Å². The van der Waals surface area contributed by atoms with Gasteiger partial charge in [0, 0.05) is 12.0 Å². The SMILES string of the molecule is CN[C@H]1C[C@H](c2ccc(Cl)c(Cl)c2)c2ccccc21. The van der Waals surface area contributed by atoms with E-state index in [9.17, 15) is 0 Å². The molecule has 2 aromatic carbocycles. The third kappa shape index (κ3) is 2.27. The number of hydrogen-bond donors (Lipinski definition) is 1. The van der Waals surface area contributed by atoms with Crippen LogP contribution in [0.4, 0.5) is 0 Å². The molecular formula is C16H15Cl2N. The molecule has 19 heavy (non-hydrogen) atoms. The van der Waals surface area contributed by atoms with Crippen LogP contribution in [-0.4, -0.2) is 7.05 Å². The van der Waals surface area contributed by atoms with Gasteiger partial charge in [0.25, 0.3) is 0 Å². The van der Waals surface area contributed by atoms with Crippen molar-refractivity contribution < 1.29 is 0 Å². The minimum absolute atomic E-state index is 0.392. The number of halogens is 2. The van der Waals surface area contributed by atoms with Crippen LogP contribution in [0.3, 0.4) is 0 Å².